The first-order valence-corrected chi connectivity index (χ1v) is 8.28. The Morgan fingerprint density at radius 3 is 1.78 bits per heavy atom. The molecule has 1 aromatic carbocycles. The van der Waals surface area contributed by atoms with Gasteiger partial charge in [-0.15, -0.1) is 0 Å². The molecule has 5 nitrogen and oxygen atoms in total. The van der Waals surface area contributed by atoms with Gasteiger partial charge in [-0.1, -0.05) is 44.9 Å². The number of nitrogens with zero attached hydrogens (tertiary/aromatic N) is 1. The lowest BCUT2D eigenvalue weighted by Crippen LogP contribution is -2.36. The molecule has 0 heterocycles. The average Bonchev–Trinajstić information content (AvgIpc) is 2.55. The number of esters is 2. The van der Waals surface area contributed by atoms with Crippen LogP contribution in [0.5, 0.6) is 0 Å². The fourth-order valence-corrected chi connectivity index (χ4v) is 1.94. The monoisotopic (exact) mass is 321 g/mol. The number of anilines is 1. The Morgan fingerprint density at radius 2 is 1.35 bits per heavy atom. The number of hydrogen-bond donors (Lipinski definition) is 0. The van der Waals surface area contributed by atoms with Crippen molar-refractivity contribution in [3.05, 3.63) is 30.3 Å². The maximum atomic E-state index is 11.9. The van der Waals surface area contributed by atoms with Gasteiger partial charge in [-0.3, -0.25) is 9.59 Å². The van der Waals surface area contributed by atoms with Crippen LogP contribution in [0.3, 0.4) is 0 Å². The molecule has 5 heteroatoms. The Hall–Kier alpha value is -2.04. The van der Waals surface area contributed by atoms with Crippen molar-refractivity contribution in [2.75, 3.05) is 31.2 Å². The van der Waals surface area contributed by atoms with E-state index in [9.17, 15) is 9.59 Å². The van der Waals surface area contributed by atoms with Crippen molar-refractivity contribution in [1.29, 1.82) is 0 Å². The summed E-state index contributed by atoms with van der Waals surface area (Å²) in [4.78, 5) is 25.5. The largest absolute Gasteiger partial charge is 0.464 e. The summed E-state index contributed by atoms with van der Waals surface area (Å²) in [5, 5.41) is 0. The maximum Gasteiger partial charge on any atom is 0.325 e. The molecule has 0 atom stereocenters. The fraction of sp³-hybridized carbons (Fsp3) is 0.556. The summed E-state index contributed by atoms with van der Waals surface area (Å²) < 4.78 is 10.4. The molecule has 0 radical (unpaired) electrons. The van der Waals surface area contributed by atoms with E-state index >= 15 is 0 Å². The quantitative estimate of drug-likeness (QED) is 0.463. The van der Waals surface area contributed by atoms with Gasteiger partial charge in [0.05, 0.1) is 13.2 Å². The number of unbranched alkanes of at least 4 members (excludes halogenated alkanes) is 2. The van der Waals surface area contributed by atoms with Crippen LogP contribution in [-0.2, 0) is 19.1 Å². The normalized spacial score (nSPS) is 10.2. The Balaban J connectivity index is 2.59. The van der Waals surface area contributed by atoms with Crippen molar-refractivity contribution in [1.82, 2.24) is 0 Å². The zero-order valence-electron chi connectivity index (χ0n) is 14.1. The fourth-order valence-electron chi connectivity index (χ4n) is 1.94. The van der Waals surface area contributed by atoms with Crippen molar-refractivity contribution in [3.63, 3.8) is 0 Å². The van der Waals surface area contributed by atoms with Crippen LogP contribution < -0.4 is 4.90 Å². The van der Waals surface area contributed by atoms with Gasteiger partial charge in [0.25, 0.3) is 0 Å². The van der Waals surface area contributed by atoms with Crippen molar-refractivity contribution >= 4 is 17.6 Å². The van der Waals surface area contributed by atoms with E-state index in [-0.39, 0.29) is 25.0 Å². The topological polar surface area (TPSA) is 55.8 Å². The van der Waals surface area contributed by atoms with Gasteiger partial charge in [-0.05, 0) is 25.0 Å². The number of ether oxygens (including phenoxy) is 2. The van der Waals surface area contributed by atoms with Gasteiger partial charge in [0.2, 0.25) is 0 Å². The second-order valence-corrected chi connectivity index (χ2v) is 5.34. The first-order chi connectivity index (χ1) is 11.2. The van der Waals surface area contributed by atoms with Crippen LogP contribution in [0.4, 0.5) is 5.69 Å². The molecule has 0 aliphatic carbocycles. The summed E-state index contributed by atoms with van der Waals surface area (Å²) in [6.07, 6.45) is 3.63. The summed E-state index contributed by atoms with van der Waals surface area (Å²) in [5.74, 6) is -0.660. The van der Waals surface area contributed by atoms with Gasteiger partial charge in [0, 0.05) is 5.69 Å². The number of benzene rings is 1. The van der Waals surface area contributed by atoms with E-state index in [4.69, 9.17) is 9.47 Å². The molecule has 0 saturated heterocycles. The number of carbonyl (C=O) groups excluding carboxylic acids is 2. The van der Waals surface area contributed by atoms with Crippen LogP contribution in [0.25, 0.3) is 0 Å². The van der Waals surface area contributed by atoms with Crippen molar-refractivity contribution in [3.8, 4) is 0 Å². The van der Waals surface area contributed by atoms with Crippen LogP contribution in [0.2, 0.25) is 0 Å². The first kappa shape index (κ1) is 19.0. The Labute approximate surface area is 138 Å². The predicted molar refractivity (Wildman–Crippen MR) is 90.4 cm³/mol. The lowest BCUT2D eigenvalue weighted by molar-refractivity contribution is -0.143. The molecule has 23 heavy (non-hydrogen) atoms. The lowest BCUT2D eigenvalue weighted by Gasteiger charge is -2.22. The lowest BCUT2D eigenvalue weighted by atomic mass is 10.3. The minimum absolute atomic E-state index is 0.0383. The smallest absolute Gasteiger partial charge is 0.325 e. The molecule has 0 unspecified atom stereocenters. The van der Waals surface area contributed by atoms with Crippen LogP contribution in [-0.4, -0.2) is 38.2 Å². The SMILES string of the molecule is CCCCOC(=O)CN(CC(=O)OCCCC)c1ccccc1. The maximum absolute atomic E-state index is 11.9. The highest BCUT2D eigenvalue weighted by Gasteiger charge is 2.17. The van der Waals surface area contributed by atoms with Crippen molar-refractivity contribution < 1.29 is 19.1 Å². The van der Waals surface area contributed by atoms with E-state index in [1.54, 1.807) is 4.90 Å². The van der Waals surface area contributed by atoms with Crippen molar-refractivity contribution in [2.45, 2.75) is 39.5 Å². The summed E-state index contributed by atoms with van der Waals surface area (Å²) in [6, 6.07) is 9.35. The van der Waals surface area contributed by atoms with Gasteiger partial charge >= 0.3 is 11.9 Å². The zero-order chi connectivity index (χ0) is 16.9. The molecule has 0 amide bonds. The summed E-state index contributed by atoms with van der Waals surface area (Å²) >= 11 is 0. The van der Waals surface area contributed by atoms with E-state index in [1.165, 1.54) is 0 Å². The number of rotatable bonds is 11. The van der Waals surface area contributed by atoms with Gasteiger partial charge in [-0.25, -0.2) is 0 Å². The minimum atomic E-state index is -0.330. The molecule has 0 aliphatic heterocycles. The Kier molecular flexibility index (Phi) is 9.52. The van der Waals surface area contributed by atoms with Crippen LogP contribution >= 0.6 is 0 Å². The van der Waals surface area contributed by atoms with Gasteiger partial charge < -0.3 is 14.4 Å². The third-order valence-electron chi connectivity index (χ3n) is 3.28. The number of carbonyl (C=O) groups is 2. The Bertz CT molecular complexity index is 437. The molecular weight excluding hydrogens is 294 g/mol. The molecule has 1 aromatic rings. The van der Waals surface area contributed by atoms with Crippen LogP contribution in [0.15, 0.2) is 30.3 Å². The molecular formula is C18H27NO4. The summed E-state index contributed by atoms with van der Waals surface area (Å²) in [6.45, 7) is 4.98. The van der Waals surface area contributed by atoms with Gasteiger partial charge in [0.1, 0.15) is 13.1 Å². The zero-order valence-corrected chi connectivity index (χ0v) is 14.1. The van der Waals surface area contributed by atoms with E-state index in [2.05, 4.69) is 0 Å². The highest BCUT2D eigenvalue weighted by Crippen LogP contribution is 2.13. The average molecular weight is 321 g/mol. The third kappa shape index (κ3) is 8.24. The standard InChI is InChI=1S/C18H27NO4/c1-3-5-12-22-17(20)14-19(16-10-8-7-9-11-16)15-18(21)23-13-6-4-2/h7-11H,3-6,12-15H2,1-2H3. The summed E-state index contributed by atoms with van der Waals surface area (Å²) in [7, 11) is 0. The second-order valence-electron chi connectivity index (χ2n) is 5.34. The van der Waals surface area contributed by atoms with Crippen molar-refractivity contribution in [2.24, 2.45) is 0 Å². The van der Waals surface area contributed by atoms with E-state index in [0.717, 1.165) is 31.4 Å². The Morgan fingerprint density at radius 1 is 0.870 bits per heavy atom. The van der Waals surface area contributed by atoms with E-state index in [1.807, 2.05) is 44.2 Å². The number of para-hydroxylation sites is 1. The minimum Gasteiger partial charge on any atom is -0.464 e. The van der Waals surface area contributed by atoms with Crippen LogP contribution in [0, 0.1) is 0 Å². The molecule has 1 rings (SSSR count). The third-order valence-corrected chi connectivity index (χ3v) is 3.28. The molecule has 128 valence electrons. The highest BCUT2D eigenvalue weighted by atomic mass is 16.5. The summed E-state index contributed by atoms with van der Waals surface area (Å²) in [5.41, 5.74) is 0.799. The first-order valence-electron chi connectivity index (χ1n) is 8.28. The molecule has 0 aromatic heterocycles. The molecule has 0 bridgehead atoms. The number of hydrogen-bond acceptors (Lipinski definition) is 5. The van der Waals surface area contributed by atoms with Gasteiger partial charge in [-0.2, -0.15) is 0 Å². The van der Waals surface area contributed by atoms with Gasteiger partial charge in [0.15, 0.2) is 0 Å². The molecule has 0 fully saturated rings. The highest BCUT2D eigenvalue weighted by molar-refractivity contribution is 5.81. The van der Waals surface area contributed by atoms with Crippen LogP contribution in [0.1, 0.15) is 39.5 Å². The molecule has 0 saturated carbocycles. The second kappa shape index (κ2) is 11.5. The molecule has 0 spiro atoms. The van der Waals surface area contributed by atoms with E-state index in [0.29, 0.717) is 13.2 Å². The van der Waals surface area contributed by atoms with E-state index < -0.39 is 0 Å². The molecule has 0 aliphatic rings. The predicted octanol–water partition coefficient (Wildman–Crippen LogP) is 3.18. The molecule has 0 N–H and O–H groups in total.